The molecule has 2 atom stereocenters. The minimum absolute atomic E-state index is 0.0428. The molecule has 7 heteroatoms. The Bertz CT molecular complexity index is 735. The van der Waals surface area contributed by atoms with Gasteiger partial charge < -0.3 is 24.6 Å². The molecule has 1 amide bonds. The van der Waals surface area contributed by atoms with Gasteiger partial charge in [0.25, 0.3) is 5.91 Å². The second-order valence-electron chi connectivity index (χ2n) is 6.24. The molecule has 1 fully saturated rings. The number of Topliss-reactive ketones (excluding diaryl/α,β-unsaturated/α-hetero) is 1. The number of aliphatic hydroxyl groups is 1. The fraction of sp³-hybridized carbons (Fsp3) is 0.444. The first-order chi connectivity index (χ1) is 11.9. The summed E-state index contributed by atoms with van der Waals surface area (Å²) in [7, 11) is 1.42. The highest BCUT2D eigenvalue weighted by molar-refractivity contribution is 6.08. The van der Waals surface area contributed by atoms with Crippen LogP contribution in [-0.2, 0) is 14.3 Å². The lowest BCUT2D eigenvalue weighted by Crippen LogP contribution is -2.37. The van der Waals surface area contributed by atoms with E-state index in [0.717, 1.165) is 12.8 Å². The Balaban J connectivity index is 2.02. The highest BCUT2D eigenvalue weighted by Gasteiger charge is 2.43. The van der Waals surface area contributed by atoms with Crippen LogP contribution < -0.4 is 4.74 Å². The molecule has 2 aliphatic heterocycles. The Morgan fingerprint density at radius 2 is 2.16 bits per heavy atom. The van der Waals surface area contributed by atoms with Crippen LogP contribution in [0.3, 0.4) is 0 Å². The maximum Gasteiger partial charge on any atom is 0.290 e. The van der Waals surface area contributed by atoms with E-state index in [9.17, 15) is 19.8 Å². The lowest BCUT2D eigenvalue weighted by atomic mass is 9.96. The Kier molecular flexibility index (Phi) is 4.67. The predicted octanol–water partition coefficient (Wildman–Crippen LogP) is 1.86. The lowest BCUT2D eigenvalue weighted by molar-refractivity contribution is -0.131. The van der Waals surface area contributed by atoms with Crippen LogP contribution in [0.25, 0.3) is 0 Å². The summed E-state index contributed by atoms with van der Waals surface area (Å²) in [6.07, 6.45) is 1.62. The maximum atomic E-state index is 12.5. The molecule has 2 N–H and O–H groups in total. The third-order valence-corrected chi connectivity index (χ3v) is 4.63. The van der Waals surface area contributed by atoms with Crippen LogP contribution in [0, 0.1) is 0 Å². The fourth-order valence-electron chi connectivity index (χ4n) is 3.42. The SMILES string of the molecule is COc1cc([C@H]2C(C(C)=O)=C(O)C(=O)N2C[C@H]2CCCO2)ccc1O. The van der Waals surface area contributed by atoms with Gasteiger partial charge in [-0.05, 0) is 37.5 Å². The van der Waals surface area contributed by atoms with Crippen molar-refractivity contribution in [2.45, 2.75) is 31.9 Å². The Morgan fingerprint density at radius 3 is 2.76 bits per heavy atom. The summed E-state index contributed by atoms with van der Waals surface area (Å²) in [6, 6.07) is 3.89. The number of aliphatic hydroxyl groups excluding tert-OH is 1. The van der Waals surface area contributed by atoms with Crippen LogP contribution in [-0.4, -0.2) is 53.2 Å². The Labute approximate surface area is 145 Å². The molecule has 0 radical (unpaired) electrons. The standard InChI is InChI=1S/C18H21NO6/c1-10(20)15-16(11-5-6-13(21)14(8-11)24-2)19(18(23)17(15)22)9-12-4-3-7-25-12/h5-6,8,12,16,21-22H,3-4,7,9H2,1-2H3/t12-,16+/m1/s1. The van der Waals surface area contributed by atoms with Gasteiger partial charge in [-0.3, -0.25) is 9.59 Å². The molecule has 1 saturated heterocycles. The topological polar surface area (TPSA) is 96.3 Å². The molecule has 1 aromatic carbocycles. The van der Waals surface area contributed by atoms with Gasteiger partial charge >= 0.3 is 0 Å². The van der Waals surface area contributed by atoms with Crippen molar-refractivity contribution in [3.05, 3.63) is 35.1 Å². The monoisotopic (exact) mass is 347 g/mol. The van der Waals surface area contributed by atoms with Crippen molar-refractivity contribution in [2.75, 3.05) is 20.3 Å². The average Bonchev–Trinajstić information content (AvgIpc) is 3.17. The van der Waals surface area contributed by atoms with Crippen molar-refractivity contribution in [1.29, 1.82) is 0 Å². The fourth-order valence-corrected chi connectivity index (χ4v) is 3.42. The van der Waals surface area contributed by atoms with Gasteiger partial charge in [0.05, 0.1) is 24.8 Å². The molecule has 2 heterocycles. The molecule has 7 nitrogen and oxygen atoms in total. The molecule has 1 aromatic rings. The number of carbonyl (C=O) groups excluding carboxylic acids is 2. The zero-order valence-electron chi connectivity index (χ0n) is 14.2. The quantitative estimate of drug-likeness (QED) is 0.844. The zero-order chi connectivity index (χ0) is 18.1. The van der Waals surface area contributed by atoms with Gasteiger partial charge in [0.2, 0.25) is 0 Å². The van der Waals surface area contributed by atoms with E-state index in [1.807, 2.05) is 0 Å². The van der Waals surface area contributed by atoms with E-state index in [0.29, 0.717) is 12.2 Å². The lowest BCUT2D eigenvalue weighted by Gasteiger charge is -2.29. The normalized spacial score (nSPS) is 23.4. The molecule has 0 spiro atoms. The summed E-state index contributed by atoms with van der Waals surface area (Å²) < 4.78 is 10.7. The highest BCUT2D eigenvalue weighted by atomic mass is 16.5. The summed E-state index contributed by atoms with van der Waals surface area (Å²) in [5.74, 6) is -1.30. The van der Waals surface area contributed by atoms with Crippen LogP contribution in [0.2, 0.25) is 0 Å². The van der Waals surface area contributed by atoms with Gasteiger partial charge in [0.15, 0.2) is 23.0 Å². The number of phenols is 1. The van der Waals surface area contributed by atoms with Gasteiger partial charge in [-0.15, -0.1) is 0 Å². The molecule has 0 bridgehead atoms. The largest absolute Gasteiger partial charge is 0.504 e. The summed E-state index contributed by atoms with van der Waals surface area (Å²) in [4.78, 5) is 26.1. The number of ketones is 1. The summed E-state index contributed by atoms with van der Waals surface area (Å²) >= 11 is 0. The predicted molar refractivity (Wildman–Crippen MR) is 88.4 cm³/mol. The molecule has 3 rings (SSSR count). The first-order valence-electron chi connectivity index (χ1n) is 8.17. The highest BCUT2D eigenvalue weighted by Crippen LogP contribution is 2.40. The van der Waals surface area contributed by atoms with Crippen molar-refractivity contribution in [2.24, 2.45) is 0 Å². The second-order valence-corrected chi connectivity index (χ2v) is 6.24. The van der Waals surface area contributed by atoms with E-state index in [1.54, 1.807) is 12.1 Å². The smallest absolute Gasteiger partial charge is 0.290 e. The van der Waals surface area contributed by atoms with Gasteiger partial charge in [-0.2, -0.15) is 0 Å². The third kappa shape index (κ3) is 3.07. The molecule has 134 valence electrons. The molecule has 25 heavy (non-hydrogen) atoms. The molecule has 0 aliphatic carbocycles. The number of methoxy groups -OCH3 is 1. The number of aromatic hydroxyl groups is 1. The number of ether oxygens (including phenoxy) is 2. The van der Waals surface area contributed by atoms with E-state index in [4.69, 9.17) is 9.47 Å². The first kappa shape index (κ1) is 17.3. The molecular formula is C18H21NO6. The van der Waals surface area contributed by atoms with Crippen molar-refractivity contribution in [3.63, 3.8) is 0 Å². The number of benzene rings is 1. The van der Waals surface area contributed by atoms with Crippen LogP contribution in [0.1, 0.15) is 31.4 Å². The summed E-state index contributed by atoms with van der Waals surface area (Å²) in [5, 5.41) is 20.0. The Morgan fingerprint density at radius 1 is 1.40 bits per heavy atom. The van der Waals surface area contributed by atoms with E-state index in [1.165, 1.54) is 25.0 Å². The molecule has 2 aliphatic rings. The number of rotatable bonds is 5. The van der Waals surface area contributed by atoms with Crippen molar-refractivity contribution in [3.8, 4) is 11.5 Å². The number of carbonyl (C=O) groups is 2. The number of phenolic OH excluding ortho intramolecular Hbond substituents is 1. The minimum Gasteiger partial charge on any atom is -0.504 e. The molecule has 0 unspecified atom stereocenters. The number of nitrogens with zero attached hydrogens (tertiary/aromatic N) is 1. The van der Waals surface area contributed by atoms with Crippen LogP contribution >= 0.6 is 0 Å². The van der Waals surface area contributed by atoms with Gasteiger partial charge in [0, 0.05) is 13.2 Å². The number of hydrogen-bond donors (Lipinski definition) is 2. The minimum atomic E-state index is -0.733. The van der Waals surface area contributed by atoms with Gasteiger partial charge in [-0.25, -0.2) is 0 Å². The summed E-state index contributed by atoms with van der Waals surface area (Å²) in [5.41, 5.74) is 0.631. The van der Waals surface area contributed by atoms with Crippen LogP contribution in [0.15, 0.2) is 29.5 Å². The van der Waals surface area contributed by atoms with E-state index in [-0.39, 0.29) is 35.5 Å². The van der Waals surface area contributed by atoms with Crippen LogP contribution in [0.5, 0.6) is 11.5 Å². The summed E-state index contributed by atoms with van der Waals surface area (Å²) in [6.45, 7) is 2.25. The number of hydrogen-bond acceptors (Lipinski definition) is 6. The number of amides is 1. The van der Waals surface area contributed by atoms with Crippen LogP contribution in [0.4, 0.5) is 0 Å². The van der Waals surface area contributed by atoms with Gasteiger partial charge in [0.1, 0.15) is 0 Å². The van der Waals surface area contributed by atoms with Crippen molar-refractivity contribution < 1.29 is 29.3 Å². The first-order valence-corrected chi connectivity index (χ1v) is 8.17. The zero-order valence-corrected chi connectivity index (χ0v) is 14.2. The van der Waals surface area contributed by atoms with Crippen molar-refractivity contribution >= 4 is 11.7 Å². The average molecular weight is 347 g/mol. The van der Waals surface area contributed by atoms with Crippen molar-refractivity contribution in [1.82, 2.24) is 4.90 Å². The second kappa shape index (κ2) is 6.76. The molecular weight excluding hydrogens is 326 g/mol. The Hall–Kier alpha value is -2.54. The third-order valence-electron chi connectivity index (χ3n) is 4.63. The van der Waals surface area contributed by atoms with Gasteiger partial charge in [-0.1, -0.05) is 6.07 Å². The van der Waals surface area contributed by atoms with E-state index < -0.39 is 17.7 Å². The maximum absolute atomic E-state index is 12.5. The molecule has 0 aromatic heterocycles. The molecule has 0 saturated carbocycles. The van der Waals surface area contributed by atoms with E-state index >= 15 is 0 Å². The van der Waals surface area contributed by atoms with E-state index in [2.05, 4.69) is 0 Å².